The topological polar surface area (TPSA) is 40.6 Å². The van der Waals surface area contributed by atoms with Crippen LogP contribution in [0.2, 0.25) is 0 Å². The summed E-state index contributed by atoms with van der Waals surface area (Å²) >= 11 is 0. The van der Waals surface area contributed by atoms with Gasteiger partial charge in [0.2, 0.25) is 9.84 Å². The van der Waals surface area contributed by atoms with E-state index in [0.717, 1.165) is 33.6 Å². The summed E-state index contributed by atoms with van der Waals surface area (Å²) < 4.78 is 27.7. The average Bonchev–Trinajstić information content (AvgIpc) is 3.27. The van der Waals surface area contributed by atoms with Crippen molar-refractivity contribution in [1.29, 1.82) is 0 Å². The minimum Gasteiger partial charge on any atom is -0.310 e. The lowest BCUT2D eigenvalue weighted by Gasteiger charge is -2.42. The fourth-order valence-corrected chi connectivity index (χ4v) is 10.6. The second-order valence-electron chi connectivity index (χ2n) is 16.6. The van der Waals surface area contributed by atoms with E-state index >= 15 is 0 Å². The highest BCUT2D eigenvalue weighted by atomic mass is 32.2. The first-order chi connectivity index (χ1) is 28.5. The molecule has 5 heteroatoms. The van der Waals surface area contributed by atoms with E-state index in [0.29, 0.717) is 0 Å². The highest BCUT2D eigenvalue weighted by Gasteiger charge is 2.37. The highest BCUT2D eigenvalue weighted by molar-refractivity contribution is 7.91. The van der Waals surface area contributed by atoms with Crippen LogP contribution in [0.25, 0.3) is 22.3 Å². The van der Waals surface area contributed by atoms with Crippen molar-refractivity contribution < 1.29 is 8.42 Å². The molecule has 0 saturated heterocycles. The standard InChI is InChI=1S/C54H44N2O2S/c1-53(2)45-13-5-9-17-49(45)55(50-18-10-6-14-46(50)53)41-29-21-37(22-30-41)39-25-33-43(34-26-39)59(57,58)44-35-27-40(28-36-44)38-23-31-42(32-24-38)56-51-19-11-7-15-47(51)54(3,4)48-16-8-12-20-52(48)56/h5-36H,1-4H3. The number of sulfone groups is 1. The molecule has 2 heterocycles. The van der Waals surface area contributed by atoms with Gasteiger partial charge in [0.15, 0.2) is 0 Å². The van der Waals surface area contributed by atoms with Gasteiger partial charge in [-0.05, 0) is 117 Å². The summed E-state index contributed by atoms with van der Waals surface area (Å²) in [5.74, 6) is 0. The van der Waals surface area contributed by atoms with Gasteiger partial charge in [-0.2, -0.15) is 0 Å². The summed E-state index contributed by atoms with van der Waals surface area (Å²) in [6.45, 7) is 9.16. The first kappa shape index (κ1) is 36.6. The van der Waals surface area contributed by atoms with Crippen LogP contribution in [-0.4, -0.2) is 8.42 Å². The summed E-state index contributed by atoms with van der Waals surface area (Å²) in [6, 6.07) is 66.0. The first-order valence-corrected chi connectivity index (χ1v) is 21.7. The van der Waals surface area contributed by atoms with Crippen molar-refractivity contribution in [3.8, 4) is 22.3 Å². The van der Waals surface area contributed by atoms with Crippen molar-refractivity contribution in [3.05, 3.63) is 216 Å². The molecule has 0 bridgehead atoms. The smallest absolute Gasteiger partial charge is 0.206 e. The van der Waals surface area contributed by atoms with Gasteiger partial charge in [0, 0.05) is 22.2 Å². The van der Waals surface area contributed by atoms with E-state index in [2.05, 4.69) is 183 Å². The molecule has 0 fully saturated rings. The number of rotatable bonds is 6. The van der Waals surface area contributed by atoms with E-state index < -0.39 is 9.84 Å². The molecule has 0 atom stereocenters. The Kier molecular flexibility index (Phi) is 8.52. The Morgan fingerprint density at radius 3 is 0.831 bits per heavy atom. The molecule has 2 aliphatic rings. The maximum atomic E-state index is 13.9. The number of para-hydroxylation sites is 4. The van der Waals surface area contributed by atoms with Gasteiger partial charge in [-0.3, -0.25) is 0 Å². The third kappa shape index (κ3) is 5.91. The van der Waals surface area contributed by atoms with Crippen LogP contribution in [0, 0.1) is 0 Å². The van der Waals surface area contributed by atoms with E-state index in [1.165, 1.54) is 45.0 Å². The Balaban J connectivity index is 0.876. The molecule has 0 saturated carbocycles. The lowest BCUT2D eigenvalue weighted by Crippen LogP contribution is -2.30. The Hall–Kier alpha value is -6.69. The zero-order chi connectivity index (χ0) is 40.5. The van der Waals surface area contributed by atoms with Crippen LogP contribution in [0.5, 0.6) is 0 Å². The molecule has 8 aromatic rings. The van der Waals surface area contributed by atoms with Gasteiger partial charge < -0.3 is 9.80 Å². The number of nitrogens with zero attached hydrogens (tertiary/aromatic N) is 2. The van der Waals surface area contributed by atoms with Gasteiger partial charge in [0.05, 0.1) is 32.5 Å². The number of benzene rings is 8. The van der Waals surface area contributed by atoms with Crippen molar-refractivity contribution in [2.45, 2.75) is 48.3 Å². The van der Waals surface area contributed by atoms with Crippen molar-refractivity contribution in [3.63, 3.8) is 0 Å². The highest BCUT2D eigenvalue weighted by Crippen LogP contribution is 2.53. The van der Waals surface area contributed by atoms with E-state index in [1.54, 1.807) is 24.3 Å². The molecule has 59 heavy (non-hydrogen) atoms. The second-order valence-corrected chi connectivity index (χ2v) is 18.6. The van der Waals surface area contributed by atoms with E-state index in [-0.39, 0.29) is 20.6 Å². The van der Waals surface area contributed by atoms with Gasteiger partial charge in [-0.25, -0.2) is 8.42 Å². The van der Waals surface area contributed by atoms with E-state index in [1.807, 2.05) is 24.3 Å². The number of hydrogen-bond acceptors (Lipinski definition) is 4. The molecule has 0 spiro atoms. The fourth-order valence-electron chi connectivity index (χ4n) is 9.29. The third-order valence-electron chi connectivity index (χ3n) is 12.5. The molecule has 0 aliphatic carbocycles. The lowest BCUT2D eigenvalue weighted by molar-refractivity contribution is 0.596. The van der Waals surface area contributed by atoms with Crippen LogP contribution in [0.3, 0.4) is 0 Å². The molecule has 4 nitrogen and oxygen atoms in total. The van der Waals surface area contributed by atoms with Gasteiger partial charge in [-0.1, -0.05) is 149 Å². The zero-order valence-electron chi connectivity index (χ0n) is 33.6. The Labute approximate surface area is 347 Å². The predicted molar refractivity (Wildman–Crippen MR) is 243 cm³/mol. The van der Waals surface area contributed by atoms with Gasteiger partial charge in [-0.15, -0.1) is 0 Å². The minimum atomic E-state index is -3.73. The predicted octanol–water partition coefficient (Wildman–Crippen LogP) is 14.1. The summed E-state index contributed by atoms with van der Waals surface area (Å²) in [7, 11) is -3.73. The molecule has 0 amide bonds. The van der Waals surface area contributed by atoms with E-state index in [4.69, 9.17) is 0 Å². The SMILES string of the molecule is CC1(C)c2ccccc2N(c2ccc(-c3ccc(S(=O)(=O)c4ccc(-c5ccc(N6c7ccccc7C(C)(C)c7ccccc76)cc5)cc4)cc3)cc2)c2ccccc21. The first-order valence-electron chi connectivity index (χ1n) is 20.2. The van der Waals surface area contributed by atoms with Gasteiger partial charge >= 0.3 is 0 Å². The number of fused-ring (bicyclic) bond motifs is 4. The largest absolute Gasteiger partial charge is 0.310 e. The second kappa shape index (κ2) is 13.7. The van der Waals surface area contributed by atoms with Gasteiger partial charge in [0.25, 0.3) is 0 Å². The molecular weight excluding hydrogens is 741 g/mol. The van der Waals surface area contributed by atoms with Crippen LogP contribution in [0.15, 0.2) is 204 Å². The van der Waals surface area contributed by atoms with Crippen LogP contribution in [0.1, 0.15) is 49.9 Å². The summed E-state index contributed by atoms with van der Waals surface area (Å²) in [5, 5.41) is 0. The van der Waals surface area contributed by atoms with Gasteiger partial charge in [0.1, 0.15) is 0 Å². The number of hydrogen-bond donors (Lipinski definition) is 0. The number of anilines is 6. The van der Waals surface area contributed by atoms with Crippen molar-refractivity contribution in [1.82, 2.24) is 0 Å². The normalized spacial score (nSPS) is 14.8. The summed E-state index contributed by atoms with van der Waals surface area (Å²) in [5.41, 5.74) is 15.7. The molecule has 2 aliphatic heterocycles. The minimum absolute atomic E-state index is 0.117. The Morgan fingerprint density at radius 1 is 0.322 bits per heavy atom. The molecule has 0 unspecified atom stereocenters. The fraction of sp³-hybridized carbons (Fsp3) is 0.111. The molecule has 8 aromatic carbocycles. The molecule has 10 rings (SSSR count). The average molecular weight is 785 g/mol. The molecule has 288 valence electrons. The Bertz CT molecular complexity index is 2690. The third-order valence-corrected chi connectivity index (χ3v) is 14.3. The van der Waals surface area contributed by atoms with Crippen molar-refractivity contribution in [2.24, 2.45) is 0 Å². The molecule has 0 aromatic heterocycles. The van der Waals surface area contributed by atoms with Crippen LogP contribution in [0.4, 0.5) is 34.1 Å². The van der Waals surface area contributed by atoms with Crippen LogP contribution in [-0.2, 0) is 20.7 Å². The molecular formula is C54H44N2O2S. The zero-order valence-corrected chi connectivity index (χ0v) is 34.4. The lowest BCUT2D eigenvalue weighted by atomic mass is 9.73. The quantitative estimate of drug-likeness (QED) is 0.168. The monoisotopic (exact) mass is 784 g/mol. The maximum absolute atomic E-state index is 13.9. The maximum Gasteiger partial charge on any atom is 0.206 e. The Morgan fingerprint density at radius 2 is 0.559 bits per heavy atom. The molecule has 0 radical (unpaired) electrons. The van der Waals surface area contributed by atoms with Crippen LogP contribution < -0.4 is 9.80 Å². The molecule has 0 N–H and O–H groups in total. The van der Waals surface area contributed by atoms with Crippen LogP contribution >= 0.6 is 0 Å². The van der Waals surface area contributed by atoms with Crippen molar-refractivity contribution in [2.75, 3.05) is 9.80 Å². The van der Waals surface area contributed by atoms with Crippen molar-refractivity contribution >= 4 is 44.0 Å². The summed E-state index contributed by atoms with van der Waals surface area (Å²) in [4.78, 5) is 5.21. The van der Waals surface area contributed by atoms with E-state index in [9.17, 15) is 8.42 Å². The summed E-state index contributed by atoms with van der Waals surface area (Å²) in [6.07, 6.45) is 0.